The largest absolute Gasteiger partial charge is 0.451 e. The van der Waals surface area contributed by atoms with E-state index in [0.717, 1.165) is 37.8 Å². The van der Waals surface area contributed by atoms with Gasteiger partial charge in [0.15, 0.2) is 0 Å². The van der Waals surface area contributed by atoms with Gasteiger partial charge >= 0.3 is 6.18 Å². The topological polar surface area (TPSA) is 47.5 Å². The molecule has 3 atom stereocenters. The summed E-state index contributed by atoms with van der Waals surface area (Å²) in [4.78, 5) is 9.42. The van der Waals surface area contributed by atoms with Crippen molar-refractivity contribution >= 4 is 0 Å². The van der Waals surface area contributed by atoms with Crippen LogP contribution in [-0.4, -0.2) is 53.4 Å². The zero-order chi connectivity index (χ0) is 18.2. The summed E-state index contributed by atoms with van der Waals surface area (Å²) in [5.41, 5.74) is 0.909. The Hall–Kier alpha value is -1.25. The van der Waals surface area contributed by atoms with E-state index in [0.29, 0.717) is 12.2 Å². The third kappa shape index (κ3) is 3.52. The minimum absolute atomic E-state index is 0.185. The summed E-state index contributed by atoms with van der Waals surface area (Å²) in [7, 11) is 3.47. The predicted octanol–water partition coefficient (Wildman–Crippen LogP) is 2.96. The number of hydrogen-bond acceptors (Lipinski definition) is 5. The van der Waals surface area contributed by atoms with Gasteiger partial charge in [-0.15, -0.1) is 0 Å². The van der Waals surface area contributed by atoms with Crippen LogP contribution in [-0.2, 0) is 22.2 Å². The number of rotatable bonds is 4. The van der Waals surface area contributed by atoms with E-state index < -0.39 is 12.0 Å². The first-order chi connectivity index (χ1) is 11.8. The normalized spacial score (nSPS) is 30.5. The van der Waals surface area contributed by atoms with Crippen molar-refractivity contribution in [2.75, 3.05) is 20.8 Å². The first-order valence-electron chi connectivity index (χ1n) is 8.51. The van der Waals surface area contributed by atoms with Crippen LogP contribution in [0.2, 0.25) is 0 Å². The zero-order valence-corrected chi connectivity index (χ0v) is 14.8. The van der Waals surface area contributed by atoms with Gasteiger partial charge in [-0.25, -0.2) is 9.97 Å². The number of ether oxygens (including phenoxy) is 2. The molecule has 0 N–H and O–H groups in total. The van der Waals surface area contributed by atoms with Crippen molar-refractivity contribution < 1.29 is 22.6 Å². The standard InChI is InChI=1S/C17H24F3N3O2/c1-11-12(9-21-15(22-11)17(18,19)20)10-23-7-6-16(25-3)5-4-13(24-2)8-14(16)23/h9,13-14H,4-8,10H2,1-3H3/t13-,14-,16+/m0/s1. The summed E-state index contributed by atoms with van der Waals surface area (Å²) in [5.74, 6) is -1.08. The molecule has 0 radical (unpaired) electrons. The van der Waals surface area contributed by atoms with Gasteiger partial charge in [0, 0.05) is 50.8 Å². The van der Waals surface area contributed by atoms with Crippen molar-refractivity contribution in [3.05, 3.63) is 23.3 Å². The van der Waals surface area contributed by atoms with E-state index >= 15 is 0 Å². The molecule has 0 spiro atoms. The molecular weight excluding hydrogens is 335 g/mol. The monoisotopic (exact) mass is 359 g/mol. The van der Waals surface area contributed by atoms with Crippen LogP contribution < -0.4 is 0 Å². The van der Waals surface area contributed by atoms with E-state index in [4.69, 9.17) is 9.47 Å². The number of halogens is 3. The SMILES string of the molecule is CO[C@H]1CC[C@@]2(OC)CCN(Cc3cnc(C(F)(F)F)nc3C)[C@H]2C1. The summed E-state index contributed by atoms with van der Waals surface area (Å²) < 4.78 is 49.6. The lowest BCUT2D eigenvalue weighted by Crippen LogP contribution is -2.51. The van der Waals surface area contributed by atoms with E-state index in [9.17, 15) is 13.2 Å². The van der Waals surface area contributed by atoms with Crippen LogP contribution in [0.5, 0.6) is 0 Å². The highest BCUT2D eigenvalue weighted by molar-refractivity contribution is 5.18. The Labute approximate surface area is 145 Å². The number of aromatic nitrogens is 2. The van der Waals surface area contributed by atoms with Crippen LogP contribution >= 0.6 is 0 Å². The average molecular weight is 359 g/mol. The molecule has 1 aromatic rings. The maximum Gasteiger partial charge on any atom is 0.451 e. The molecule has 25 heavy (non-hydrogen) atoms. The minimum Gasteiger partial charge on any atom is -0.381 e. The molecular formula is C17H24F3N3O2. The predicted molar refractivity (Wildman–Crippen MR) is 85.0 cm³/mol. The lowest BCUT2D eigenvalue weighted by atomic mass is 9.79. The van der Waals surface area contributed by atoms with Crippen molar-refractivity contribution in [2.45, 2.75) is 63.1 Å². The molecule has 8 heteroatoms. The van der Waals surface area contributed by atoms with Crippen LogP contribution in [0.3, 0.4) is 0 Å². The summed E-state index contributed by atoms with van der Waals surface area (Å²) in [6.07, 6.45) is 0.670. The Morgan fingerprint density at radius 2 is 2.08 bits per heavy atom. The van der Waals surface area contributed by atoms with Gasteiger partial charge in [0.05, 0.1) is 11.7 Å². The van der Waals surface area contributed by atoms with Gasteiger partial charge in [-0.3, -0.25) is 4.90 Å². The molecule has 1 aliphatic carbocycles. The molecule has 140 valence electrons. The molecule has 1 saturated heterocycles. The fourth-order valence-electron chi connectivity index (χ4n) is 4.16. The third-order valence-corrected chi connectivity index (χ3v) is 5.69. The highest BCUT2D eigenvalue weighted by Crippen LogP contribution is 2.43. The number of alkyl halides is 3. The van der Waals surface area contributed by atoms with E-state index in [1.165, 1.54) is 6.20 Å². The van der Waals surface area contributed by atoms with Gasteiger partial charge in [-0.05, 0) is 32.6 Å². The molecule has 1 aromatic heterocycles. The molecule has 1 saturated carbocycles. The van der Waals surface area contributed by atoms with E-state index in [1.54, 1.807) is 21.1 Å². The zero-order valence-electron chi connectivity index (χ0n) is 14.8. The van der Waals surface area contributed by atoms with Gasteiger partial charge in [0.1, 0.15) is 0 Å². The van der Waals surface area contributed by atoms with Crippen LogP contribution in [0.4, 0.5) is 13.2 Å². The lowest BCUT2D eigenvalue weighted by Gasteiger charge is -2.43. The number of hydrogen-bond donors (Lipinski definition) is 0. The van der Waals surface area contributed by atoms with E-state index in [2.05, 4.69) is 14.9 Å². The van der Waals surface area contributed by atoms with Crippen molar-refractivity contribution in [3.8, 4) is 0 Å². The van der Waals surface area contributed by atoms with Gasteiger partial charge in [-0.2, -0.15) is 13.2 Å². The van der Waals surface area contributed by atoms with Gasteiger partial charge < -0.3 is 9.47 Å². The highest BCUT2D eigenvalue weighted by atomic mass is 19.4. The smallest absolute Gasteiger partial charge is 0.381 e. The molecule has 0 unspecified atom stereocenters. The van der Waals surface area contributed by atoms with Crippen molar-refractivity contribution in [1.29, 1.82) is 0 Å². The van der Waals surface area contributed by atoms with Crippen molar-refractivity contribution in [3.63, 3.8) is 0 Å². The maximum atomic E-state index is 12.7. The van der Waals surface area contributed by atoms with Gasteiger partial charge in [-0.1, -0.05) is 0 Å². The molecule has 3 rings (SSSR count). The molecule has 0 amide bonds. The second kappa shape index (κ2) is 6.81. The Morgan fingerprint density at radius 3 is 2.68 bits per heavy atom. The Bertz CT molecular complexity index is 626. The summed E-state index contributed by atoms with van der Waals surface area (Å²) >= 11 is 0. The summed E-state index contributed by atoms with van der Waals surface area (Å²) in [6.45, 7) is 2.97. The minimum atomic E-state index is -4.52. The molecule has 2 aliphatic rings. The molecule has 5 nitrogen and oxygen atoms in total. The first kappa shape index (κ1) is 18.5. The lowest BCUT2D eigenvalue weighted by molar-refractivity contribution is -0.145. The molecule has 2 fully saturated rings. The van der Waals surface area contributed by atoms with Crippen molar-refractivity contribution in [1.82, 2.24) is 14.9 Å². The fraction of sp³-hybridized carbons (Fsp3) is 0.765. The summed E-state index contributed by atoms with van der Waals surface area (Å²) in [5, 5.41) is 0. The fourth-order valence-corrected chi connectivity index (χ4v) is 4.16. The Balaban J connectivity index is 1.79. The second-order valence-electron chi connectivity index (χ2n) is 6.94. The number of methoxy groups -OCH3 is 2. The van der Waals surface area contributed by atoms with Gasteiger partial charge in [0.2, 0.25) is 5.82 Å². The quantitative estimate of drug-likeness (QED) is 0.827. The molecule has 0 aromatic carbocycles. The summed E-state index contributed by atoms with van der Waals surface area (Å²) in [6, 6.07) is 0.192. The number of fused-ring (bicyclic) bond motifs is 1. The van der Waals surface area contributed by atoms with Crippen molar-refractivity contribution in [2.24, 2.45) is 0 Å². The number of likely N-dealkylation sites (tertiary alicyclic amines) is 1. The Kier molecular flexibility index (Phi) is 5.05. The maximum absolute atomic E-state index is 12.7. The van der Waals surface area contributed by atoms with E-state index in [-0.39, 0.29) is 17.7 Å². The first-order valence-corrected chi connectivity index (χ1v) is 8.51. The van der Waals surface area contributed by atoms with Crippen LogP contribution in [0.15, 0.2) is 6.20 Å². The number of nitrogens with zero attached hydrogens (tertiary/aromatic N) is 3. The molecule has 1 aliphatic heterocycles. The average Bonchev–Trinajstić information content (AvgIpc) is 2.94. The van der Waals surface area contributed by atoms with Crippen LogP contribution in [0.25, 0.3) is 0 Å². The van der Waals surface area contributed by atoms with Crippen LogP contribution in [0.1, 0.15) is 42.8 Å². The molecule has 2 heterocycles. The molecule has 0 bridgehead atoms. The van der Waals surface area contributed by atoms with Gasteiger partial charge in [0.25, 0.3) is 0 Å². The third-order valence-electron chi connectivity index (χ3n) is 5.69. The number of aryl methyl sites for hydroxylation is 1. The Morgan fingerprint density at radius 1 is 1.32 bits per heavy atom. The van der Waals surface area contributed by atoms with Crippen LogP contribution in [0, 0.1) is 6.92 Å². The second-order valence-corrected chi connectivity index (χ2v) is 6.94. The highest BCUT2D eigenvalue weighted by Gasteiger charge is 2.51. The van der Waals surface area contributed by atoms with E-state index in [1.807, 2.05) is 0 Å².